The summed E-state index contributed by atoms with van der Waals surface area (Å²) in [5.41, 5.74) is -0.548. The van der Waals surface area contributed by atoms with Crippen molar-refractivity contribution in [1.29, 1.82) is 0 Å². The van der Waals surface area contributed by atoms with Gasteiger partial charge < -0.3 is 4.99 Å². The van der Waals surface area contributed by atoms with E-state index in [4.69, 9.17) is 0 Å². The van der Waals surface area contributed by atoms with Crippen molar-refractivity contribution < 1.29 is 9.18 Å². The van der Waals surface area contributed by atoms with Gasteiger partial charge in [-0.1, -0.05) is 12.1 Å². The third-order valence-electron chi connectivity index (χ3n) is 2.63. The fourth-order valence-corrected chi connectivity index (χ4v) is 1.64. The Bertz CT molecular complexity index is 722. The van der Waals surface area contributed by atoms with Gasteiger partial charge >= 0.3 is 0 Å². The molecule has 2 rings (SSSR count). The number of rotatable bonds is 4. The number of hydrogen-bond acceptors (Lipinski definition) is 4. The van der Waals surface area contributed by atoms with Crippen LogP contribution in [0.25, 0.3) is 5.69 Å². The highest BCUT2D eigenvalue weighted by molar-refractivity contribution is 6.02. The van der Waals surface area contributed by atoms with E-state index in [-0.39, 0.29) is 17.8 Å². The fourth-order valence-electron chi connectivity index (χ4n) is 1.64. The van der Waals surface area contributed by atoms with Crippen molar-refractivity contribution in [3.8, 4) is 5.69 Å². The van der Waals surface area contributed by atoms with E-state index >= 15 is 0 Å². The van der Waals surface area contributed by atoms with Gasteiger partial charge in [-0.25, -0.2) is 9.07 Å². The lowest BCUT2D eigenvalue weighted by Crippen LogP contribution is -2.21. The normalized spacial score (nSPS) is 10.9. The van der Waals surface area contributed by atoms with Crippen LogP contribution in [0.2, 0.25) is 0 Å². The zero-order chi connectivity index (χ0) is 14.5. The molecule has 0 radical (unpaired) electrons. The lowest BCUT2D eigenvalue weighted by molar-refractivity contribution is 0.0994. The van der Waals surface area contributed by atoms with E-state index in [1.165, 1.54) is 42.3 Å². The third-order valence-corrected chi connectivity index (χ3v) is 2.63. The quantitative estimate of drug-likeness (QED) is 0.628. The lowest BCUT2D eigenvalue weighted by atomic mass is 10.2. The summed E-state index contributed by atoms with van der Waals surface area (Å²) >= 11 is 0. The number of benzene rings is 1. The molecule has 0 saturated heterocycles. The Morgan fingerprint density at radius 3 is 2.85 bits per heavy atom. The maximum Gasteiger partial charge on any atom is 0.211 e. The van der Waals surface area contributed by atoms with Crippen molar-refractivity contribution in [3.05, 3.63) is 58.3 Å². The highest BCUT2D eigenvalue weighted by Gasteiger charge is 2.13. The molecule has 0 atom stereocenters. The number of aliphatic imine (C=N–C) groups is 1. The van der Waals surface area contributed by atoms with E-state index in [0.717, 1.165) is 0 Å². The Labute approximate surface area is 114 Å². The maximum absolute atomic E-state index is 13.7. The molecule has 2 aromatic rings. The van der Waals surface area contributed by atoms with Crippen molar-refractivity contribution in [3.63, 3.8) is 0 Å². The molecule has 5 nitrogen and oxygen atoms in total. The minimum Gasteiger partial charge on any atom is -0.300 e. The van der Waals surface area contributed by atoms with E-state index in [0.29, 0.717) is 0 Å². The van der Waals surface area contributed by atoms with E-state index in [1.54, 1.807) is 12.1 Å². The second kappa shape index (κ2) is 6.01. The molecular weight excluding hydrogens is 261 g/mol. The van der Waals surface area contributed by atoms with Gasteiger partial charge in [0.15, 0.2) is 11.5 Å². The summed E-state index contributed by atoms with van der Waals surface area (Å²) in [5, 5.41) is 3.91. The Morgan fingerprint density at radius 2 is 2.15 bits per heavy atom. The summed E-state index contributed by atoms with van der Waals surface area (Å²) in [6.45, 7) is 0. The molecule has 0 fully saturated rings. The van der Waals surface area contributed by atoms with Crippen molar-refractivity contribution in [2.45, 2.75) is 6.42 Å². The molecule has 1 aromatic carbocycles. The van der Waals surface area contributed by atoms with Gasteiger partial charge in [0.25, 0.3) is 0 Å². The van der Waals surface area contributed by atoms with Crippen LogP contribution >= 0.6 is 0 Å². The maximum atomic E-state index is 13.7. The molecule has 0 spiro atoms. The van der Waals surface area contributed by atoms with Crippen LogP contribution in [-0.4, -0.2) is 28.8 Å². The number of ketones is 1. The first kappa shape index (κ1) is 13.8. The zero-order valence-electron chi connectivity index (χ0n) is 10.8. The van der Waals surface area contributed by atoms with Crippen LogP contribution in [0.5, 0.6) is 0 Å². The summed E-state index contributed by atoms with van der Waals surface area (Å²) in [6.07, 6.45) is 2.70. The summed E-state index contributed by atoms with van der Waals surface area (Å²) in [5.74, 6) is -0.941. The van der Waals surface area contributed by atoms with Gasteiger partial charge in [0.1, 0.15) is 11.5 Å². The molecule has 0 amide bonds. The molecule has 102 valence electrons. The van der Waals surface area contributed by atoms with Crippen LogP contribution < -0.4 is 5.43 Å². The molecule has 0 bridgehead atoms. The Hall–Kier alpha value is -2.63. The van der Waals surface area contributed by atoms with Crippen LogP contribution in [0, 0.1) is 5.82 Å². The molecule has 0 aliphatic heterocycles. The number of hydrogen-bond donors (Lipinski definition) is 0. The Kier molecular flexibility index (Phi) is 4.14. The first-order chi connectivity index (χ1) is 9.63. The summed E-state index contributed by atoms with van der Waals surface area (Å²) in [7, 11) is 1.53. The number of carbonyl (C=O) groups excluding carboxylic acids is 1. The van der Waals surface area contributed by atoms with Gasteiger partial charge in [-0.2, -0.15) is 5.10 Å². The molecule has 6 heteroatoms. The lowest BCUT2D eigenvalue weighted by Gasteiger charge is -2.07. The first-order valence-electron chi connectivity index (χ1n) is 5.92. The zero-order valence-corrected chi connectivity index (χ0v) is 10.8. The second-order valence-electron chi connectivity index (χ2n) is 3.99. The van der Waals surface area contributed by atoms with Crippen LogP contribution in [-0.2, 0) is 0 Å². The first-order valence-corrected chi connectivity index (χ1v) is 5.92. The highest BCUT2D eigenvalue weighted by atomic mass is 19.1. The highest BCUT2D eigenvalue weighted by Crippen LogP contribution is 2.10. The second-order valence-corrected chi connectivity index (χ2v) is 3.99. The van der Waals surface area contributed by atoms with E-state index in [9.17, 15) is 14.0 Å². The minimum absolute atomic E-state index is 0.0139. The molecule has 0 aliphatic carbocycles. The SMILES string of the molecule is CN=CCC(=O)c1nn(-c2ccccc2F)ccc1=O. The number of nitrogens with zero attached hydrogens (tertiary/aromatic N) is 3. The summed E-state index contributed by atoms with van der Waals surface area (Å²) < 4.78 is 14.8. The largest absolute Gasteiger partial charge is 0.300 e. The van der Waals surface area contributed by atoms with Gasteiger partial charge in [-0.05, 0) is 12.1 Å². The third kappa shape index (κ3) is 2.85. The van der Waals surface area contributed by atoms with Gasteiger partial charge in [0, 0.05) is 31.9 Å². The monoisotopic (exact) mass is 273 g/mol. The van der Waals surface area contributed by atoms with Crippen molar-refractivity contribution >= 4 is 12.0 Å². The molecule has 0 N–H and O–H groups in total. The van der Waals surface area contributed by atoms with Crippen LogP contribution in [0.15, 0.2) is 46.3 Å². The average Bonchev–Trinajstić information content (AvgIpc) is 2.46. The summed E-state index contributed by atoms with van der Waals surface area (Å²) in [4.78, 5) is 27.2. The number of halogens is 1. The standard InChI is InChI=1S/C14H12FN3O2/c1-16-8-6-12(19)14-13(20)7-9-18(17-14)11-5-3-2-4-10(11)15/h2-5,7-9H,6H2,1H3. The van der Waals surface area contributed by atoms with E-state index in [2.05, 4.69) is 10.1 Å². The smallest absolute Gasteiger partial charge is 0.211 e. The molecule has 0 aliphatic rings. The number of carbonyl (C=O) groups is 1. The summed E-state index contributed by atoms with van der Waals surface area (Å²) in [6, 6.07) is 7.17. The molecule has 0 saturated carbocycles. The molecule has 1 heterocycles. The molecular formula is C14H12FN3O2. The van der Waals surface area contributed by atoms with Crippen molar-refractivity contribution in [2.24, 2.45) is 4.99 Å². The van der Waals surface area contributed by atoms with Gasteiger partial charge in [0.2, 0.25) is 5.43 Å². The molecule has 0 unspecified atom stereocenters. The van der Waals surface area contributed by atoms with Gasteiger partial charge in [-0.3, -0.25) is 9.59 Å². The number of Topliss-reactive ketones (excluding diaryl/α,β-unsaturated/α-hetero) is 1. The topological polar surface area (TPSA) is 64.3 Å². The Morgan fingerprint density at radius 1 is 1.40 bits per heavy atom. The van der Waals surface area contributed by atoms with Crippen LogP contribution in [0.1, 0.15) is 16.9 Å². The number of aromatic nitrogens is 2. The minimum atomic E-state index is -0.493. The van der Waals surface area contributed by atoms with Gasteiger partial charge in [0.05, 0.1) is 0 Å². The van der Waals surface area contributed by atoms with Gasteiger partial charge in [-0.15, -0.1) is 0 Å². The fraction of sp³-hybridized carbons (Fsp3) is 0.143. The van der Waals surface area contributed by atoms with E-state index < -0.39 is 17.0 Å². The van der Waals surface area contributed by atoms with E-state index in [1.807, 2.05) is 0 Å². The van der Waals surface area contributed by atoms with Crippen LogP contribution in [0.4, 0.5) is 4.39 Å². The molecule has 1 aromatic heterocycles. The predicted molar refractivity (Wildman–Crippen MR) is 73.2 cm³/mol. The number of para-hydroxylation sites is 1. The molecule has 20 heavy (non-hydrogen) atoms. The average molecular weight is 273 g/mol. The predicted octanol–water partition coefficient (Wildman–Crippen LogP) is 1.65. The van der Waals surface area contributed by atoms with Crippen molar-refractivity contribution in [1.82, 2.24) is 9.78 Å². The van der Waals surface area contributed by atoms with Crippen molar-refractivity contribution in [2.75, 3.05) is 7.05 Å². The Balaban J connectivity index is 2.46. The van der Waals surface area contributed by atoms with Crippen LogP contribution in [0.3, 0.4) is 0 Å².